The summed E-state index contributed by atoms with van der Waals surface area (Å²) in [4.78, 5) is 22.3. The molecule has 0 atom stereocenters. The molecule has 0 aromatic heterocycles. The Balaban J connectivity index is 3.70. The third-order valence-electron chi connectivity index (χ3n) is 1.30. The molecule has 0 bridgehead atoms. The van der Waals surface area contributed by atoms with Gasteiger partial charge < -0.3 is 15.3 Å². The van der Waals surface area contributed by atoms with E-state index in [-0.39, 0.29) is 6.42 Å². The van der Waals surface area contributed by atoms with E-state index in [1.165, 1.54) is 11.9 Å². The van der Waals surface area contributed by atoms with E-state index in [0.29, 0.717) is 6.54 Å². The molecule has 0 aromatic rings. The number of hydrogen-bond acceptors (Lipinski definition) is 3. The van der Waals surface area contributed by atoms with Crippen LogP contribution in [0.15, 0.2) is 0 Å². The average molecular weight is 185 g/mol. The van der Waals surface area contributed by atoms with Crippen LogP contribution in [0.3, 0.4) is 0 Å². The van der Waals surface area contributed by atoms with Gasteiger partial charge in [0.1, 0.15) is 6.54 Å². The molecule has 0 unspecified atom stereocenters. The maximum atomic E-state index is 11.0. The molecule has 0 rings (SSSR count). The van der Waals surface area contributed by atoms with Crippen LogP contribution in [0, 0.1) is 11.3 Å². The lowest BCUT2D eigenvalue weighted by Crippen LogP contribution is -2.40. The SMILES string of the molecule is CN(CCC#N)C(=O)NCC(=O)O. The zero-order valence-corrected chi connectivity index (χ0v) is 7.28. The summed E-state index contributed by atoms with van der Waals surface area (Å²) in [6.45, 7) is -0.113. The predicted octanol–water partition coefficient (Wildman–Crippen LogP) is -0.374. The number of nitriles is 1. The lowest BCUT2D eigenvalue weighted by molar-refractivity contribution is -0.135. The summed E-state index contributed by atoms with van der Waals surface area (Å²) in [6, 6.07) is 1.39. The fraction of sp³-hybridized carbons (Fsp3) is 0.571. The summed E-state index contributed by atoms with van der Waals surface area (Å²) in [6.07, 6.45) is 0.233. The van der Waals surface area contributed by atoms with E-state index in [1.54, 1.807) is 0 Å². The highest BCUT2D eigenvalue weighted by Gasteiger charge is 2.08. The van der Waals surface area contributed by atoms with Crippen molar-refractivity contribution in [1.82, 2.24) is 10.2 Å². The Morgan fingerprint density at radius 2 is 2.23 bits per heavy atom. The normalized spacial score (nSPS) is 8.62. The third-order valence-corrected chi connectivity index (χ3v) is 1.30. The molecule has 0 aliphatic rings. The van der Waals surface area contributed by atoms with Crippen LogP contribution in [0.1, 0.15) is 6.42 Å². The third kappa shape index (κ3) is 5.49. The summed E-state index contributed by atoms with van der Waals surface area (Å²) >= 11 is 0. The number of urea groups is 1. The van der Waals surface area contributed by atoms with Crippen molar-refractivity contribution in [3.63, 3.8) is 0 Å². The first-order valence-corrected chi connectivity index (χ1v) is 3.65. The summed E-state index contributed by atoms with van der Waals surface area (Å²) in [7, 11) is 1.49. The lowest BCUT2D eigenvalue weighted by Gasteiger charge is -2.14. The van der Waals surface area contributed by atoms with E-state index >= 15 is 0 Å². The molecule has 72 valence electrons. The zero-order valence-electron chi connectivity index (χ0n) is 7.28. The van der Waals surface area contributed by atoms with Gasteiger partial charge in [0.15, 0.2) is 0 Å². The standard InChI is InChI=1S/C7H11N3O3/c1-10(4-2-3-8)7(13)9-5-6(11)12/h2,4-5H2,1H3,(H,9,13)(H,11,12). The Morgan fingerprint density at radius 3 is 2.69 bits per heavy atom. The van der Waals surface area contributed by atoms with Gasteiger partial charge in [-0.05, 0) is 0 Å². The molecule has 0 saturated heterocycles. The lowest BCUT2D eigenvalue weighted by atomic mass is 10.4. The van der Waals surface area contributed by atoms with Crippen LogP contribution in [0.4, 0.5) is 4.79 Å². The minimum Gasteiger partial charge on any atom is -0.480 e. The van der Waals surface area contributed by atoms with Crippen LogP contribution in [0.25, 0.3) is 0 Å². The van der Waals surface area contributed by atoms with Gasteiger partial charge in [-0.2, -0.15) is 5.26 Å². The summed E-state index contributed by atoms with van der Waals surface area (Å²) in [5.74, 6) is -1.10. The van der Waals surface area contributed by atoms with Crippen LogP contribution in [0.2, 0.25) is 0 Å². The van der Waals surface area contributed by atoms with Crippen molar-refractivity contribution in [3.8, 4) is 6.07 Å². The van der Waals surface area contributed by atoms with Crippen LogP contribution in [0.5, 0.6) is 0 Å². The molecule has 0 aliphatic heterocycles. The number of carbonyl (C=O) groups is 2. The second-order valence-electron chi connectivity index (χ2n) is 2.38. The molecule has 0 saturated carbocycles. The highest BCUT2D eigenvalue weighted by atomic mass is 16.4. The highest BCUT2D eigenvalue weighted by Crippen LogP contribution is 1.86. The van der Waals surface area contributed by atoms with Crippen molar-refractivity contribution in [2.45, 2.75) is 6.42 Å². The Kier molecular flexibility index (Phi) is 5.03. The summed E-state index contributed by atoms with van der Waals surface area (Å²) in [5, 5.41) is 18.6. The zero-order chi connectivity index (χ0) is 10.3. The van der Waals surface area contributed by atoms with Gasteiger partial charge in [0.2, 0.25) is 0 Å². The van der Waals surface area contributed by atoms with Gasteiger partial charge in [0.25, 0.3) is 0 Å². The van der Waals surface area contributed by atoms with Crippen molar-refractivity contribution in [2.24, 2.45) is 0 Å². The second-order valence-corrected chi connectivity index (χ2v) is 2.38. The highest BCUT2D eigenvalue weighted by molar-refractivity contribution is 5.79. The maximum Gasteiger partial charge on any atom is 0.323 e. The van der Waals surface area contributed by atoms with Crippen molar-refractivity contribution >= 4 is 12.0 Å². The van der Waals surface area contributed by atoms with E-state index in [0.717, 1.165) is 0 Å². The molecular weight excluding hydrogens is 174 g/mol. The van der Waals surface area contributed by atoms with E-state index in [1.807, 2.05) is 6.07 Å². The van der Waals surface area contributed by atoms with Crippen LogP contribution >= 0.6 is 0 Å². The molecule has 6 nitrogen and oxygen atoms in total. The van der Waals surface area contributed by atoms with Gasteiger partial charge in [-0.25, -0.2) is 4.79 Å². The largest absolute Gasteiger partial charge is 0.480 e. The van der Waals surface area contributed by atoms with Gasteiger partial charge in [0, 0.05) is 13.6 Å². The van der Waals surface area contributed by atoms with E-state index in [4.69, 9.17) is 10.4 Å². The van der Waals surface area contributed by atoms with Crippen LogP contribution in [-0.2, 0) is 4.79 Å². The van der Waals surface area contributed by atoms with Gasteiger partial charge in [-0.3, -0.25) is 4.79 Å². The molecule has 0 aromatic carbocycles. The summed E-state index contributed by atoms with van der Waals surface area (Å²) in [5.41, 5.74) is 0. The molecule has 6 heteroatoms. The molecule has 0 heterocycles. The first-order chi connectivity index (χ1) is 6.07. The topological polar surface area (TPSA) is 93.4 Å². The Bertz CT molecular complexity index is 234. The van der Waals surface area contributed by atoms with Gasteiger partial charge in [-0.15, -0.1) is 0 Å². The molecule has 0 radical (unpaired) electrons. The number of rotatable bonds is 4. The fourth-order valence-electron chi connectivity index (χ4n) is 0.605. The number of carboxylic acid groups (broad SMARTS) is 1. The Morgan fingerprint density at radius 1 is 1.62 bits per heavy atom. The average Bonchev–Trinajstić information content (AvgIpc) is 2.10. The Hall–Kier alpha value is -1.77. The van der Waals surface area contributed by atoms with Gasteiger partial charge >= 0.3 is 12.0 Å². The minimum atomic E-state index is -1.10. The molecule has 0 spiro atoms. The number of amides is 2. The summed E-state index contributed by atoms with van der Waals surface area (Å²) < 4.78 is 0. The second kappa shape index (κ2) is 5.83. The van der Waals surface area contributed by atoms with Gasteiger partial charge in [0.05, 0.1) is 12.5 Å². The monoisotopic (exact) mass is 185 g/mol. The van der Waals surface area contributed by atoms with Crippen LogP contribution < -0.4 is 5.32 Å². The number of aliphatic carboxylic acids is 1. The first kappa shape index (κ1) is 11.2. The quantitative estimate of drug-likeness (QED) is 0.624. The van der Waals surface area contributed by atoms with Crippen molar-refractivity contribution in [3.05, 3.63) is 0 Å². The smallest absolute Gasteiger partial charge is 0.323 e. The minimum absolute atomic E-state index is 0.233. The maximum absolute atomic E-state index is 11.0. The van der Waals surface area contributed by atoms with E-state index < -0.39 is 18.5 Å². The van der Waals surface area contributed by atoms with E-state index in [2.05, 4.69) is 5.32 Å². The fourth-order valence-corrected chi connectivity index (χ4v) is 0.605. The molecule has 2 N–H and O–H groups in total. The predicted molar refractivity (Wildman–Crippen MR) is 43.9 cm³/mol. The van der Waals surface area contributed by atoms with Crippen molar-refractivity contribution < 1.29 is 14.7 Å². The molecular formula is C7H11N3O3. The number of hydrogen-bond donors (Lipinski definition) is 2. The molecule has 13 heavy (non-hydrogen) atoms. The van der Waals surface area contributed by atoms with E-state index in [9.17, 15) is 9.59 Å². The number of carbonyl (C=O) groups excluding carboxylic acids is 1. The van der Waals surface area contributed by atoms with Crippen molar-refractivity contribution in [1.29, 1.82) is 5.26 Å². The van der Waals surface area contributed by atoms with Crippen molar-refractivity contribution in [2.75, 3.05) is 20.1 Å². The molecule has 2 amide bonds. The first-order valence-electron chi connectivity index (χ1n) is 3.65. The molecule has 0 aliphatic carbocycles. The number of nitrogens with one attached hydrogen (secondary N) is 1. The van der Waals surface area contributed by atoms with Crippen LogP contribution in [-0.4, -0.2) is 42.1 Å². The number of nitrogens with zero attached hydrogens (tertiary/aromatic N) is 2. The van der Waals surface area contributed by atoms with Gasteiger partial charge in [-0.1, -0.05) is 0 Å². The molecule has 0 fully saturated rings. The Labute approximate surface area is 75.7 Å². The number of carboxylic acids is 1.